The Kier molecular flexibility index (Phi) is 7.92. The summed E-state index contributed by atoms with van der Waals surface area (Å²) in [5, 5.41) is 3.45. The Morgan fingerprint density at radius 2 is 1.86 bits per heavy atom. The van der Waals surface area contributed by atoms with Crippen molar-refractivity contribution in [1.29, 1.82) is 0 Å². The van der Waals surface area contributed by atoms with Gasteiger partial charge < -0.3 is 5.32 Å². The quantitative estimate of drug-likeness (QED) is 0.720. The maximum Gasteiger partial charge on any atom is 0.147 e. The van der Waals surface area contributed by atoms with Gasteiger partial charge in [-0.15, -0.1) is 0 Å². The van der Waals surface area contributed by atoms with Gasteiger partial charge in [-0.2, -0.15) is 0 Å². The van der Waals surface area contributed by atoms with Gasteiger partial charge in [-0.1, -0.05) is 48.0 Å². The zero-order valence-corrected chi connectivity index (χ0v) is 15.5. The molecule has 0 saturated carbocycles. The van der Waals surface area contributed by atoms with Crippen molar-refractivity contribution >= 4 is 25.8 Å². The number of benzene rings is 1. The second-order valence-electron chi connectivity index (χ2n) is 6.13. The molecule has 1 aromatic rings. The molecular weight excluding hydrogens is 350 g/mol. The van der Waals surface area contributed by atoms with Crippen molar-refractivity contribution in [3.8, 4) is 0 Å². The van der Waals surface area contributed by atoms with Gasteiger partial charge in [0.05, 0.1) is 5.75 Å². The molecule has 5 heteroatoms. The number of halogens is 1. The van der Waals surface area contributed by atoms with Gasteiger partial charge in [-0.05, 0) is 49.4 Å². The van der Waals surface area contributed by atoms with Gasteiger partial charge in [0.2, 0.25) is 0 Å². The molecule has 1 N–H and O–H groups in total. The molecule has 0 heterocycles. The Morgan fingerprint density at radius 3 is 2.43 bits per heavy atom. The van der Waals surface area contributed by atoms with Crippen LogP contribution in [0.25, 0.3) is 0 Å². The largest absolute Gasteiger partial charge is 0.316 e. The minimum atomic E-state index is -2.90. The Balaban J connectivity index is 2.64. The van der Waals surface area contributed by atoms with Crippen molar-refractivity contribution in [2.75, 3.05) is 25.1 Å². The van der Waals surface area contributed by atoms with Crippen LogP contribution in [-0.4, -0.2) is 33.5 Å². The first kappa shape index (κ1) is 18.7. The topological polar surface area (TPSA) is 46.2 Å². The zero-order chi connectivity index (χ0) is 15.9. The molecule has 21 heavy (non-hydrogen) atoms. The maximum atomic E-state index is 11.4. The second kappa shape index (κ2) is 8.91. The Labute approximate surface area is 137 Å². The van der Waals surface area contributed by atoms with Crippen LogP contribution in [0.1, 0.15) is 25.8 Å². The van der Waals surface area contributed by atoms with Crippen LogP contribution in [0.3, 0.4) is 0 Å². The fourth-order valence-corrected chi connectivity index (χ4v) is 3.42. The summed E-state index contributed by atoms with van der Waals surface area (Å²) in [6.07, 6.45) is 2.90. The molecule has 0 fully saturated rings. The van der Waals surface area contributed by atoms with Crippen molar-refractivity contribution in [1.82, 2.24) is 5.32 Å². The van der Waals surface area contributed by atoms with Crippen LogP contribution >= 0.6 is 15.9 Å². The van der Waals surface area contributed by atoms with E-state index in [1.807, 2.05) is 18.2 Å². The number of rotatable bonds is 9. The highest BCUT2D eigenvalue weighted by molar-refractivity contribution is 9.10. The smallest absolute Gasteiger partial charge is 0.147 e. The highest BCUT2D eigenvalue weighted by Crippen LogP contribution is 2.21. The molecule has 3 nitrogen and oxygen atoms in total. The first-order valence-corrected chi connectivity index (χ1v) is 10.2. The number of hydrogen-bond acceptors (Lipinski definition) is 3. The highest BCUT2D eigenvalue weighted by Gasteiger charge is 2.14. The molecule has 1 rings (SSSR count). The van der Waals surface area contributed by atoms with Crippen LogP contribution in [0.2, 0.25) is 0 Å². The van der Waals surface area contributed by atoms with E-state index < -0.39 is 9.84 Å². The monoisotopic (exact) mass is 375 g/mol. The van der Waals surface area contributed by atoms with Gasteiger partial charge in [0.1, 0.15) is 9.84 Å². The molecular formula is C16H26BrNO2S. The summed E-state index contributed by atoms with van der Waals surface area (Å²) >= 11 is 3.57. The lowest BCUT2D eigenvalue weighted by Crippen LogP contribution is -2.29. The predicted octanol–water partition coefficient (Wildman–Crippen LogP) is 3.29. The second-order valence-corrected chi connectivity index (χ2v) is 9.25. The van der Waals surface area contributed by atoms with E-state index in [-0.39, 0.29) is 5.75 Å². The summed E-state index contributed by atoms with van der Waals surface area (Å²) in [6.45, 7) is 6.17. The average molecular weight is 376 g/mol. The summed E-state index contributed by atoms with van der Waals surface area (Å²) in [5.41, 5.74) is 1.24. The molecule has 0 aliphatic rings. The van der Waals surface area contributed by atoms with E-state index in [1.54, 1.807) is 0 Å². The van der Waals surface area contributed by atoms with Crippen molar-refractivity contribution in [2.24, 2.45) is 11.8 Å². The third-order valence-electron chi connectivity index (χ3n) is 3.35. The van der Waals surface area contributed by atoms with Gasteiger partial charge in [-0.3, -0.25) is 0 Å². The van der Waals surface area contributed by atoms with E-state index in [1.165, 1.54) is 11.8 Å². The lowest BCUT2D eigenvalue weighted by Gasteiger charge is -2.19. The zero-order valence-electron chi connectivity index (χ0n) is 13.1. The van der Waals surface area contributed by atoms with Crippen LogP contribution in [0.15, 0.2) is 28.7 Å². The van der Waals surface area contributed by atoms with Crippen molar-refractivity contribution in [2.45, 2.75) is 26.7 Å². The molecule has 0 aliphatic carbocycles. The van der Waals surface area contributed by atoms with E-state index in [2.05, 4.69) is 41.2 Å². The SMILES string of the molecule is CC(C)CNCC(CCS(C)(=O)=O)Cc1ccccc1Br. The molecule has 1 aromatic carbocycles. The maximum absolute atomic E-state index is 11.4. The van der Waals surface area contributed by atoms with Crippen molar-refractivity contribution in [3.63, 3.8) is 0 Å². The number of hydrogen-bond donors (Lipinski definition) is 1. The third-order valence-corrected chi connectivity index (χ3v) is 5.10. The minimum Gasteiger partial charge on any atom is -0.316 e. The summed E-state index contributed by atoms with van der Waals surface area (Å²) in [7, 11) is -2.90. The minimum absolute atomic E-state index is 0.255. The Morgan fingerprint density at radius 1 is 1.19 bits per heavy atom. The van der Waals surface area contributed by atoms with E-state index in [4.69, 9.17) is 0 Å². The lowest BCUT2D eigenvalue weighted by atomic mass is 9.96. The summed E-state index contributed by atoms with van der Waals surface area (Å²) < 4.78 is 23.9. The third kappa shape index (κ3) is 8.59. The average Bonchev–Trinajstić information content (AvgIpc) is 2.37. The van der Waals surface area contributed by atoms with Gasteiger partial charge >= 0.3 is 0 Å². The molecule has 0 aromatic heterocycles. The molecule has 0 bridgehead atoms. The molecule has 0 aliphatic heterocycles. The van der Waals surface area contributed by atoms with E-state index >= 15 is 0 Å². The Hall–Kier alpha value is -0.390. The van der Waals surface area contributed by atoms with Gasteiger partial charge in [-0.25, -0.2) is 8.42 Å². The van der Waals surface area contributed by atoms with Crippen LogP contribution in [0, 0.1) is 11.8 Å². The fraction of sp³-hybridized carbons (Fsp3) is 0.625. The normalized spacial score (nSPS) is 13.6. The van der Waals surface area contributed by atoms with Crippen LogP contribution in [0.4, 0.5) is 0 Å². The predicted molar refractivity (Wildman–Crippen MR) is 93.4 cm³/mol. The van der Waals surface area contributed by atoms with E-state index in [0.717, 1.165) is 24.0 Å². The van der Waals surface area contributed by atoms with E-state index in [9.17, 15) is 8.42 Å². The number of nitrogens with one attached hydrogen (secondary N) is 1. The summed E-state index contributed by atoms with van der Waals surface area (Å²) in [5.74, 6) is 1.19. The summed E-state index contributed by atoms with van der Waals surface area (Å²) in [4.78, 5) is 0. The standard InChI is InChI=1S/C16H26BrNO2S/c1-13(2)11-18-12-14(8-9-21(3,19)20)10-15-6-4-5-7-16(15)17/h4-7,13-14,18H,8-12H2,1-3H3. The first-order chi connectivity index (χ1) is 9.78. The molecule has 0 saturated heterocycles. The molecule has 120 valence electrons. The molecule has 1 unspecified atom stereocenters. The lowest BCUT2D eigenvalue weighted by molar-refractivity contribution is 0.436. The van der Waals surface area contributed by atoms with Crippen molar-refractivity contribution in [3.05, 3.63) is 34.3 Å². The first-order valence-electron chi connectivity index (χ1n) is 7.39. The summed E-state index contributed by atoms with van der Waals surface area (Å²) in [6, 6.07) is 8.15. The highest BCUT2D eigenvalue weighted by atomic mass is 79.9. The van der Waals surface area contributed by atoms with Gasteiger partial charge in [0, 0.05) is 10.7 Å². The van der Waals surface area contributed by atoms with Crippen LogP contribution < -0.4 is 5.32 Å². The molecule has 0 radical (unpaired) electrons. The Bertz CT molecular complexity index is 529. The van der Waals surface area contributed by atoms with Crippen LogP contribution in [-0.2, 0) is 16.3 Å². The van der Waals surface area contributed by atoms with Gasteiger partial charge in [0.25, 0.3) is 0 Å². The van der Waals surface area contributed by atoms with Crippen LogP contribution in [0.5, 0.6) is 0 Å². The molecule has 0 amide bonds. The van der Waals surface area contributed by atoms with E-state index in [0.29, 0.717) is 18.3 Å². The number of sulfone groups is 1. The molecule has 0 spiro atoms. The fourth-order valence-electron chi connectivity index (χ4n) is 2.21. The molecule has 1 atom stereocenters. The van der Waals surface area contributed by atoms with Crippen molar-refractivity contribution < 1.29 is 8.42 Å². The van der Waals surface area contributed by atoms with Gasteiger partial charge in [0.15, 0.2) is 0 Å².